The number of para-hydroxylation sites is 2. The Morgan fingerprint density at radius 2 is 0.985 bits per heavy atom. The van der Waals surface area contributed by atoms with Gasteiger partial charge < -0.3 is 9.80 Å². The summed E-state index contributed by atoms with van der Waals surface area (Å²) in [6.45, 7) is 0. The minimum Gasteiger partial charge on any atom is -0.331 e. The van der Waals surface area contributed by atoms with Crippen LogP contribution in [0, 0.1) is 11.6 Å². The van der Waals surface area contributed by atoms with E-state index in [1.54, 1.807) is 12.1 Å². The molecular formula is C64H48F2N2. The minimum atomic E-state index is -0.301. The molecule has 0 heterocycles. The number of rotatable bonds is 10. The van der Waals surface area contributed by atoms with Crippen molar-refractivity contribution in [3.05, 3.63) is 252 Å². The highest BCUT2D eigenvalue weighted by Gasteiger charge is 2.32. The molecule has 9 aromatic rings. The molecule has 0 spiro atoms. The molecule has 0 amide bonds. The summed E-state index contributed by atoms with van der Waals surface area (Å²) >= 11 is 0. The first-order valence-corrected chi connectivity index (χ1v) is 23.8. The maximum absolute atomic E-state index is 17.6. The number of hydrogen-bond acceptors (Lipinski definition) is 2. The molecule has 0 aromatic heterocycles. The topological polar surface area (TPSA) is 6.48 Å². The van der Waals surface area contributed by atoms with Gasteiger partial charge in [-0.05, 0) is 147 Å². The van der Waals surface area contributed by atoms with Gasteiger partial charge in [0.25, 0.3) is 0 Å². The second-order valence-corrected chi connectivity index (χ2v) is 18.0. The highest BCUT2D eigenvalue weighted by atomic mass is 19.1. The molecule has 2 nitrogen and oxygen atoms in total. The third kappa shape index (κ3) is 7.34. The van der Waals surface area contributed by atoms with Gasteiger partial charge in [-0.1, -0.05) is 170 Å². The molecule has 0 saturated heterocycles. The van der Waals surface area contributed by atoms with Crippen molar-refractivity contribution in [2.75, 3.05) is 9.80 Å². The quantitative estimate of drug-likeness (QED) is 0.135. The summed E-state index contributed by atoms with van der Waals surface area (Å²) < 4.78 is 35.3. The second kappa shape index (κ2) is 17.6. The van der Waals surface area contributed by atoms with Crippen LogP contribution in [-0.4, -0.2) is 0 Å². The van der Waals surface area contributed by atoms with E-state index in [4.69, 9.17) is 0 Å². The third-order valence-corrected chi connectivity index (χ3v) is 13.9. The SMILES string of the molecule is Fc1cc(C2=CCCC=C2)cc(-c2ccccc2)c1N(c1ccccc1)c1ccc2ccc3c4c(ccc1c24)=CCC3N(c1ccccc1)c1c(F)cc(C2=CCCC=C2)cc1-c1ccccc1. The van der Waals surface area contributed by atoms with Crippen LogP contribution < -0.4 is 15.0 Å². The maximum Gasteiger partial charge on any atom is 0.148 e. The molecular weight excluding hydrogens is 835 g/mol. The zero-order valence-electron chi connectivity index (χ0n) is 37.6. The van der Waals surface area contributed by atoms with Crippen LogP contribution in [0.5, 0.6) is 0 Å². The molecule has 3 aliphatic carbocycles. The van der Waals surface area contributed by atoms with Crippen molar-refractivity contribution in [3.8, 4) is 22.3 Å². The van der Waals surface area contributed by atoms with Crippen molar-refractivity contribution in [1.82, 2.24) is 0 Å². The van der Waals surface area contributed by atoms with Crippen LogP contribution in [0.25, 0.3) is 61.0 Å². The first-order valence-electron chi connectivity index (χ1n) is 23.8. The van der Waals surface area contributed by atoms with Crippen molar-refractivity contribution in [2.24, 2.45) is 0 Å². The van der Waals surface area contributed by atoms with Crippen LogP contribution in [0.4, 0.5) is 37.2 Å². The average molecular weight is 883 g/mol. The molecule has 4 heteroatoms. The van der Waals surface area contributed by atoms with Gasteiger partial charge >= 0.3 is 0 Å². The Bertz CT molecular complexity index is 3550. The van der Waals surface area contributed by atoms with E-state index in [0.29, 0.717) is 17.8 Å². The van der Waals surface area contributed by atoms with Gasteiger partial charge in [0, 0.05) is 27.9 Å². The smallest absolute Gasteiger partial charge is 0.148 e. The molecule has 0 fully saturated rings. The molecule has 0 saturated carbocycles. The Balaban J connectivity index is 1.08. The van der Waals surface area contributed by atoms with Crippen molar-refractivity contribution in [2.45, 2.75) is 38.1 Å². The lowest BCUT2D eigenvalue weighted by atomic mass is 9.85. The molecule has 0 aliphatic heterocycles. The molecule has 9 aromatic carbocycles. The fourth-order valence-electron chi connectivity index (χ4n) is 10.8. The molecule has 0 radical (unpaired) electrons. The van der Waals surface area contributed by atoms with Crippen LogP contribution in [-0.2, 0) is 0 Å². The van der Waals surface area contributed by atoms with Gasteiger partial charge in [-0.15, -0.1) is 0 Å². The number of hydrogen-bond donors (Lipinski definition) is 0. The number of nitrogens with zero attached hydrogens (tertiary/aromatic N) is 2. The Kier molecular flexibility index (Phi) is 10.7. The van der Waals surface area contributed by atoms with Gasteiger partial charge in [0.15, 0.2) is 0 Å². The second-order valence-electron chi connectivity index (χ2n) is 18.0. The van der Waals surface area contributed by atoms with Gasteiger partial charge in [0.05, 0.1) is 23.1 Å². The molecule has 68 heavy (non-hydrogen) atoms. The highest BCUT2D eigenvalue weighted by molar-refractivity contribution is 6.17. The van der Waals surface area contributed by atoms with Gasteiger partial charge in [-0.25, -0.2) is 8.78 Å². The Labute approximate surface area is 396 Å². The average Bonchev–Trinajstić information content (AvgIpc) is 3.41. The van der Waals surface area contributed by atoms with E-state index < -0.39 is 0 Å². The lowest BCUT2D eigenvalue weighted by molar-refractivity contribution is 0.613. The molecule has 1 unspecified atom stereocenters. The standard InChI is InChI=1S/C64H48F2N2/c65-57-41-49(43-19-7-1-8-20-43)39-55(45-23-11-3-12-24-45)63(57)67(51-27-15-5-16-28-51)59-37-33-47-32-36-54-60(38-34-48-31-35-53(59)61(47)62(48)54)68(52-29-17-6-18-30-52)64-56(46-25-13-4-14-26-46)40-50(42-58(64)66)44-21-9-2-10-22-44/h3-7,9,11-37,39-42,60H,1-2,8,10,38H2. The molecule has 3 aliphatic rings. The van der Waals surface area contributed by atoms with E-state index in [1.807, 2.05) is 72.8 Å². The third-order valence-electron chi connectivity index (χ3n) is 13.9. The Hall–Kier alpha value is -8.08. The lowest BCUT2D eigenvalue weighted by Crippen LogP contribution is -2.29. The minimum absolute atomic E-state index is 0.261. The van der Waals surface area contributed by atoms with Crippen molar-refractivity contribution < 1.29 is 8.78 Å². The summed E-state index contributed by atoms with van der Waals surface area (Å²) in [5, 5.41) is 5.44. The number of benzene rings is 9. The van der Waals surface area contributed by atoms with E-state index in [9.17, 15) is 0 Å². The predicted molar refractivity (Wildman–Crippen MR) is 282 cm³/mol. The van der Waals surface area contributed by atoms with Crippen molar-refractivity contribution in [1.29, 1.82) is 0 Å². The van der Waals surface area contributed by atoms with E-state index >= 15 is 8.78 Å². The molecule has 328 valence electrons. The Morgan fingerprint density at radius 3 is 1.57 bits per heavy atom. The van der Waals surface area contributed by atoms with Crippen LogP contribution in [0.2, 0.25) is 0 Å². The lowest BCUT2D eigenvalue weighted by Gasteiger charge is -2.38. The van der Waals surface area contributed by atoms with Crippen LogP contribution >= 0.6 is 0 Å². The number of halogens is 2. The van der Waals surface area contributed by atoms with E-state index in [0.717, 1.165) is 120 Å². The number of allylic oxidation sites excluding steroid dienone is 8. The van der Waals surface area contributed by atoms with Crippen LogP contribution in [0.3, 0.4) is 0 Å². The van der Waals surface area contributed by atoms with Gasteiger partial charge in [0.1, 0.15) is 11.6 Å². The summed E-state index contributed by atoms with van der Waals surface area (Å²) in [5.41, 5.74) is 12.1. The summed E-state index contributed by atoms with van der Waals surface area (Å²) in [4.78, 5) is 4.34. The molecule has 12 rings (SSSR count). The maximum atomic E-state index is 17.6. The van der Waals surface area contributed by atoms with Gasteiger partial charge in [-0.2, -0.15) is 0 Å². The first kappa shape index (κ1) is 41.4. The zero-order valence-corrected chi connectivity index (χ0v) is 37.6. The largest absolute Gasteiger partial charge is 0.331 e. The van der Waals surface area contributed by atoms with Crippen molar-refractivity contribution in [3.63, 3.8) is 0 Å². The highest BCUT2D eigenvalue weighted by Crippen LogP contribution is 2.51. The number of anilines is 5. The van der Waals surface area contributed by atoms with Gasteiger partial charge in [0.2, 0.25) is 0 Å². The van der Waals surface area contributed by atoms with E-state index in [-0.39, 0.29) is 17.7 Å². The van der Waals surface area contributed by atoms with E-state index in [1.165, 1.54) is 0 Å². The summed E-state index contributed by atoms with van der Waals surface area (Å²) in [7, 11) is 0. The van der Waals surface area contributed by atoms with Crippen molar-refractivity contribution >= 4 is 67.2 Å². The zero-order chi connectivity index (χ0) is 45.6. The predicted octanol–water partition coefficient (Wildman–Crippen LogP) is 17.3. The fraction of sp³-hybridized carbons (Fsp3) is 0.0938. The molecule has 1 atom stereocenters. The van der Waals surface area contributed by atoms with Gasteiger partial charge in [-0.3, -0.25) is 0 Å². The summed E-state index contributed by atoms with van der Waals surface area (Å²) in [6, 6.07) is 61.5. The van der Waals surface area contributed by atoms with Crippen LogP contribution in [0.1, 0.15) is 54.8 Å². The summed E-state index contributed by atoms with van der Waals surface area (Å²) in [6.07, 6.45) is 19.8. The molecule has 0 bridgehead atoms. The first-order chi connectivity index (χ1) is 33.6. The van der Waals surface area contributed by atoms with E-state index in [2.05, 4.69) is 149 Å². The summed E-state index contributed by atoms with van der Waals surface area (Å²) in [5.74, 6) is -0.571. The molecule has 0 N–H and O–H groups in total. The normalized spacial score (nSPS) is 15.2. The fourth-order valence-corrected chi connectivity index (χ4v) is 10.8. The Morgan fingerprint density at radius 1 is 0.441 bits per heavy atom. The van der Waals surface area contributed by atoms with Crippen LogP contribution in [0.15, 0.2) is 218 Å². The monoisotopic (exact) mass is 882 g/mol.